The first-order valence-electron chi connectivity index (χ1n) is 7.40. The molecule has 1 saturated carbocycles. The minimum atomic E-state index is -4.35. The number of hydrogen-bond acceptors (Lipinski definition) is 3. The van der Waals surface area contributed by atoms with Gasteiger partial charge in [-0.15, -0.1) is 0 Å². The summed E-state index contributed by atoms with van der Waals surface area (Å²) in [6.07, 6.45) is -1.16. The number of carbonyl (C=O) groups is 1. The first-order valence-corrected chi connectivity index (χ1v) is 7.40. The summed E-state index contributed by atoms with van der Waals surface area (Å²) in [6, 6.07) is 0.122. The van der Waals surface area contributed by atoms with Crippen LogP contribution in [0.25, 0.3) is 0 Å². The Kier molecular flexibility index (Phi) is 3.66. The van der Waals surface area contributed by atoms with E-state index < -0.39 is 12.7 Å². The van der Waals surface area contributed by atoms with Crippen molar-refractivity contribution in [2.75, 3.05) is 13.1 Å². The maximum absolute atomic E-state index is 12.5. The van der Waals surface area contributed by atoms with Crippen LogP contribution in [0.3, 0.4) is 0 Å². The van der Waals surface area contributed by atoms with E-state index in [0.717, 1.165) is 17.5 Å². The second-order valence-electron chi connectivity index (χ2n) is 6.32. The molecule has 0 aromatic carbocycles. The van der Waals surface area contributed by atoms with E-state index >= 15 is 0 Å². The second-order valence-corrected chi connectivity index (χ2v) is 6.32. The Morgan fingerprint density at radius 1 is 1.41 bits per heavy atom. The number of aromatic nitrogens is 2. The minimum Gasteiger partial charge on any atom is -0.338 e. The fraction of sp³-hybridized carbons (Fsp3) is 0.714. The number of hydrogen-bond donors (Lipinski definition) is 1. The van der Waals surface area contributed by atoms with E-state index in [4.69, 9.17) is 5.73 Å². The maximum atomic E-state index is 12.5. The fourth-order valence-corrected chi connectivity index (χ4v) is 3.64. The van der Waals surface area contributed by atoms with Gasteiger partial charge in [0.1, 0.15) is 6.54 Å². The molecule has 0 bridgehead atoms. The monoisotopic (exact) mass is 316 g/mol. The third-order valence-corrected chi connectivity index (χ3v) is 4.72. The summed E-state index contributed by atoms with van der Waals surface area (Å²) in [7, 11) is 0. The molecule has 2 fully saturated rings. The number of carbonyl (C=O) groups excluding carboxylic acids is 1. The van der Waals surface area contributed by atoms with Gasteiger partial charge >= 0.3 is 6.18 Å². The highest BCUT2D eigenvalue weighted by molar-refractivity contribution is 5.95. The zero-order chi connectivity index (χ0) is 16.1. The third-order valence-electron chi connectivity index (χ3n) is 4.72. The van der Waals surface area contributed by atoms with Crippen LogP contribution in [0.1, 0.15) is 28.9 Å². The highest BCUT2D eigenvalue weighted by Crippen LogP contribution is 2.37. The molecule has 122 valence electrons. The number of nitrogens with two attached hydrogens (primary N) is 1. The lowest BCUT2D eigenvalue weighted by atomic mass is 9.98. The molecule has 5 nitrogen and oxygen atoms in total. The molecule has 8 heteroatoms. The summed E-state index contributed by atoms with van der Waals surface area (Å²) < 4.78 is 38.0. The summed E-state index contributed by atoms with van der Waals surface area (Å²) in [4.78, 5) is 14.2. The lowest BCUT2D eigenvalue weighted by Crippen LogP contribution is -2.33. The summed E-state index contributed by atoms with van der Waals surface area (Å²) in [5.41, 5.74) is 6.62. The largest absolute Gasteiger partial charge is 0.408 e. The number of amides is 1. The van der Waals surface area contributed by atoms with Crippen LogP contribution >= 0.6 is 0 Å². The van der Waals surface area contributed by atoms with E-state index in [1.54, 1.807) is 11.8 Å². The molecular formula is C14H19F3N4O. The Balaban J connectivity index is 1.73. The highest BCUT2D eigenvalue weighted by Gasteiger charge is 2.43. The van der Waals surface area contributed by atoms with Gasteiger partial charge in [-0.1, -0.05) is 0 Å². The van der Waals surface area contributed by atoms with E-state index in [9.17, 15) is 18.0 Å². The Morgan fingerprint density at radius 3 is 2.77 bits per heavy atom. The van der Waals surface area contributed by atoms with E-state index in [1.165, 1.54) is 6.20 Å². The predicted octanol–water partition coefficient (Wildman–Crippen LogP) is 1.56. The van der Waals surface area contributed by atoms with E-state index in [-0.39, 0.29) is 17.5 Å². The van der Waals surface area contributed by atoms with Crippen LogP contribution < -0.4 is 5.73 Å². The molecule has 0 spiro atoms. The van der Waals surface area contributed by atoms with Crippen LogP contribution in [0, 0.1) is 18.8 Å². The van der Waals surface area contributed by atoms with Crippen LogP contribution in [0.5, 0.6) is 0 Å². The second kappa shape index (κ2) is 5.26. The molecule has 3 rings (SSSR count). The molecule has 1 amide bonds. The van der Waals surface area contributed by atoms with Crippen molar-refractivity contribution < 1.29 is 18.0 Å². The molecule has 0 radical (unpaired) electrons. The number of halogens is 3. The molecule has 22 heavy (non-hydrogen) atoms. The third kappa shape index (κ3) is 2.84. The van der Waals surface area contributed by atoms with Gasteiger partial charge < -0.3 is 10.6 Å². The minimum absolute atomic E-state index is 0.122. The zero-order valence-corrected chi connectivity index (χ0v) is 12.3. The van der Waals surface area contributed by atoms with Gasteiger partial charge in [0.2, 0.25) is 0 Å². The number of rotatable bonds is 2. The highest BCUT2D eigenvalue weighted by atomic mass is 19.4. The van der Waals surface area contributed by atoms with Crippen molar-refractivity contribution in [1.82, 2.24) is 14.7 Å². The summed E-state index contributed by atoms with van der Waals surface area (Å²) in [5, 5.41) is 3.80. The number of likely N-dealkylation sites (tertiary alicyclic amines) is 1. The van der Waals surface area contributed by atoms with Crippen molar-refractivity contribution >= 4 is 5.91 Å². The van der Waals surface area contributed by atoms with Gasteiger partial charge in [0.25, 0.3) is 5.91 Å². The topological polar surface area (TPSA) is 64.2 Å². The first-order chi connectivity index (χ1) is 10.2. The van der Waals surface area contributed by atoms with Crippen LogP contribution in [0.4, 0.5) is 13.2 Å². The first kappa shape index (κ1) is 15.3. The Morgan fingerprint density at radius 2 is 2.14 bits per heavy atom. The van der Waals surface area contributed by atoms with Gasteiger partial charge in [0.15, 0.2) is 0 Å². The number of fused-ring (bicyclic) bond motifs is 1. The molecule has 2 N–H and O–H groups in total. The Labute approximate surface area is 126 Å². The van der Waals surface area contributed by atoms with Gasteiger partial charge in [0, 0.05) is 25.3 Å². The van der Waals surface area contributed by atoms with Gasteiger partial charge in [-0.3, -0.25) is 9.48 Å². The van der Waals surface area contributed by atoms with Gasteiger partial charge in [-0.25, -0.2) is 0 Å². The van der Waals surface area contributed by atoms with Crippen molar-refractivity contribution in [2.45, 2.75) is 38.5 Å². The van der Waals surface area contributed by atoms with E-state index in [0.29, 0.717) is 30.6 Å². The molecule has 1 aliphatic carbocycles. The molecule has 2 heterocycles. The van der Waals surface area contributed by atoms with Crippen molar-refractivity contribution in [3.63, 3.8) is 0 Å². The zero-order valence-electron chi connectivity index (χ0n) is 12.3. The fourth-order valence-electron chi connectivity index (χ4n) is 3.64. The molecular weight excluding hydrogens is 297 g/mol. The van der Waals surface area contributed by atoms with Crippen LogP contribution in [-0.4, -0.2) is 45.9 Å². The molecule has 1 saturated heterocycles. The lowest BCUT2D eigenvalue weighted by molar-refractivity contribution is -0.142. The number of aryl methyl sites for hydroxylation is 1. The average molecular weight is 316 g/mol. The van der Waals surface area contributed by atoms with Crippen LogP contribution in [0.15, 0.2) is 6.20 Å². The van der Waals surface area contributed by atoms with Crippen molar-refractivity contribution in [2.24, 2.45) is 17.6 Å². The van der Waals surface area contributed by atoms with Gasteiger partial charge in [-0.05, 0) is 31.6 Å². The summed E-state index contributed by atoms with van der Waals surface area (Å²) in [5.74, 6) is 0.492. The normalized spacial score (nSPS) is 28.2. The SMILES string of the molecule is Cc1nn(CC(F)(F)F)cc1C(=O)N1CC2CCC(N)C2C1. The standard InChI is InChI=1S/C14H19F3N4O/c1-8-10(6-21(19-8)7-14(15,16)17)13(22)20-4-9-2-3-12(18)11(9)5-20/h6,9,11-12H,2-5,7,18H2,1H3. The van der Waals surface area contributed by atoms with Crippen molar-refractivity contribution in [1.29, 1.82) is 0 Å². The van der Waals surface area contributed by atoms with E-state index in [2.05, 4.69) is 5.10 Å². The molecule has 1 aliphatic heterocycles. The summed E-state index contributed by atoms with van der Waals surface area (Å²) in [6.45, 7) is 1.61. The van der Waals surface area contributed by atoms with Crippen molar-refractivity contribution in [3.8, 4) is 0 Å². The molecule has 1 aromatic heterocycles. The summed E-state index contributed by atoms with van der Waals surface area (Å²) >= 11 is 0. The van der Waals surface area contributed by atoms with Gasteiger partial charge in [0.05, 0.1) is 11.3 Å². The van der Waals surface area contributed by atoms with Crippen LogP contribution in [0.2, 0.25) is 0 Å². The average Bonchev–Trinajstić information content (AvgIpc) is 3.04. The number of alkyl halides is 3. The van der Waals surface area contributed by atoms with Crippen LogP contribution in [-0.2, 0) is 6.54 Å². The number of nitrogens with zero attached hydrogens (tertiary/aromatic N) is 3. The predicted molar refractivity (Wildman–Crippen MR) is 73.1 cm³/mol. The van der Waals surface area contributed by atoms with Gasteiger partial charge in [-0.2, -0.15) is 18.3 Å². The molecule has 3 atom stereocenters. The molecule has 1 aromatic rings. The quantitative estimate of drug-likeness (QED) is 0.900. The van der Waals surface area contributed by atoms with E-state index in [1.807, 2.05) is 0 Å². The Hall–Kier alpha value is -1.57. The van der Waals surface area contributed by atoms with Crippen molar-refractivity contribution in [3.05, 3.63) is 17.5 Å². The maximum Gasteiger partial charge on any atom is 0.408 e. The molecule has 3 unspecified atom stereocenters. The lowest BCUT2D eigenvalue weighted by Gasteiger charge is -2.18. The Bertz CT molecular complexity index is 583. The smallest absolute Gasteiger partial charge is 0.338 e. The molecule has 2 aliphatic rings.